The second-order valence-corrected chi connectivity index (χ2v) is 2.22. The highest BCUT2D eigenvalue weighted by Crippen LogP contribution is 2.15. The Bertz CT molecular complexity index is 509. The third kappa shape index (κ3) is 1.13. The SMILES string of the molecule is NN=Nc1ncnc2[nH]c(=O)[nH]c12. The van der Waals surface area contributed by atoms with Gasteiger partial charge in [-0.05, 0) is 0 Å². The van der Waals surface area contributed by atoms with E-state index in [1.165, 1.54) is 6.33 Å². The van der Waals surface area contributed by atoms with Gasteiger partial charge in [0, 0.05) is 0 Å². The van der Waals surface area contributed by atoms with Crippen molar-refractivity contribution < 1.29 is 0 Å². The van der Waals surface area contributed by atoms with E-state index in [0.717, 1.165) is 0 Å². The van der Waals surface area contributed by atoms with E-state index in [2.05, 4.69) is 30.3 Å². The van der Waals surface area contributed by atoms with Crippen LogP contribution in [0.25, 0.3) is 11.2 Å². The molecule has 2 rings (SSSR count). The molecule has 0 spiro atoms. The van der Waals surface area contributed by atoms with E-state index < -0.39 is 0 Å². The van der Waals surface area contributed by atoms with Gasteiger partial charge < -0.3 is 10.8 Å². The van der Waals surface area contributed by atoms with Crippen LogP contribution in [0.1, 0.15) is 0 Å². The predicted molar refractivity (Wildman–Crippen MR) is 43.2 cm³/mol. The first-order valence-electron chi connectivity index (χ1n) is 3.35. The van der Waals surface area contributed by atoms with E-state index in [1.54, 1.807) is 0 Å². The van der Waals surface area contributed by atoms with Crippen molar-refractivity contribution in [2.24, 2.45) is 16.2 Å². The molecule has 2 aromatic rings. The van der Waals surface area contributed by atoms with Crippen molar-refractivity contribution in [3.05, 3.63) is 16.8 Å². The minimum absolute atomic E-state index is 0.228. The molecule has 0 fully saturated rings. The van der Waals surface area contributed by atoms with Crippen LogP contribution in [0.2, 0.25) is 0 Å². The summed E-state index contributed by atoms with van der Waals surface area (Å²) in [4.78, 5) is 23.4. The molecule has 0 radical (unpaired) electrons. The van der Waals surface area contributed by atoms with Gasteiger partial charge in [0.05, 0.1) is 0 Å². The number of rotatable bonds is 1. The zero-order valence-corrected chi connectivity index (χ0v) is 6.35. The molecule has 0 aliphatic rings. The third-order valence-corrected chi connectivity index (χ3v) is 1.45. The van der Waals surface area contributed by atoms with Crippen molar-refractivity contribution in [1.29, 1.82) is 0 Å². The lowest BCUT2D eigenvalue weighted by atomic mass is 10.5. The smallest absolute Gasteiger partial charge is 0.305 e. The number of fused-ring (bicyclic) bond motifs is 1. The highest BCUT2D eigenvalue weighted by atomic mass is 16.1. The number of imidazole rings is 1. The molecular weight excluding hydrogens is 174 g/mol. The summed E-state index contributed by atoms with van der Waals surface area (Å²) in [5.74, 6) is 5.08. The summed E-state index contributed by atoms with van der Waals surface area (Å²) in [6.45, 7) is 0. The number of hydrogen-bond donors (Lipinski definition) is 3. The Balaban J connectivity index is 2.82. The van der Waals surface area contributed by atoms with Gasteiger partial charge in [-0.3, -0.25) is 4.98 Å². The quantitative estimate of drug-likeness (QED) is 0.313. The lowest BCUT2D eigenvalue weighted by molar-refractivity contribution is 1.03. The van der Waals surface area contributed by atoms with E-state index in [1.807, 2.05) is 0 Å². The lowest BCUT2D eigenvalue weighted by Gasteiger charge is -1.89. The van der Waals surface area contributed by atoms with Crippen molar-refractivity contribution in [2.75, 3.05) is 0 Å². The van der Waals surface area contributed by atoms with Crippen molar-refractivity contribution in [3.8, 4) is 0 Å². The Hall–Kier alpha value is -2.25. The largest absolute Gasteiger partial charge is 0.325 e. The van der Waals surface area contributed by atoms with Gasteiger partial charge in [0.25, 0.3) is 0 Å². The average Bonchev–Trinajstić information content (AvgIpc) is 2.47. The van der Waals surface area contributed by atoms with Crippen LogP contribution in [0.4, 0.5) is 5.82 Å². The fraction of sp³-hybridized carbons (Fsp3) is 0. The van der Waals surface area contributed by atoms with Gasteiger partial charge in [-0.1, -0.05) is 5.22 Å². The lowest BCUT2D eigenvalue weighted by Crippen LogP contribution is -1.99. The number of nitrogens with two attached hydrogens (primary N) is 1. The summed E-state index contributed by atoms with van der Waals surface area (Å²) in [7, 11) is 0. The van der Waals surface area contributed by atoms with Crippen LogP contribution in [0, 0.1) is 0 Å². The van der Waals surface area contributed by atoms with Crippen LogP contribution in [-0.4, -0.2) is 19.9 Å². The van der Waals surface area contributed by atoms with Crippen molar-refractivity contribution in [2.45, 2.75) is 0 Å². The molecule has 4 N–H and O–H groups in total. The highest BCUT2D eigenvalue weighted by Gasteiger charge is 2.05. The minimum atomic E-state index is -0.371. The maximum Gasteiger partial charge on any atom is 0.325 e. The van der Waals surface area contributed by atoms with E-state index >= 15 is 0 Å². The monoisotopic (exact) mass is 179 g/mol. The maximum absolute atomic E-state index is 10.9. The molecule has 0 aliphatic heterocycles. The van der Waals surface area contributed by atoms with Crippen LogP contribution in [0.3, 0.4) is 0 Å². The van der Waals surface area contributed by atoms with Gasteiger partial charge in [-0.2, -0.15) is 0 Å². The number of nitrogens with zero attached hydrogens (tertiary/aromatic N) is 4. The summed E-state index contributed by atoms with van der Waals surface area (Å²) >= 11 is 0. The van der Waals surface area contributed by atoms with E-state index in [4.69, 9.17) is 5.84 Å². The number of nitrogens with one attached hydrogen (secondary N) is 2. The molecule has 0 unspecified atom stereocenters. The molecule has 66 valence electrons. The topological polar surface area (TPSA) is 125 Å². The van der Waals surface area contributed by atoms with Crippen LogP contribution < -0.4 is 11.5 Å². The number of aromatic nitrogens is 4. The number of hydrogen-bond acceptors (Lipinski definition) is 5. The predicted octanol–water partition coefficient (Wildman–Crippen LogP) is -0.396. The molecule has 2 aromatic heterocycles. The van der Waals surface area contributed by atoms with Crippen LogP contribution in [0.15, 0.2) is 21.5 Å². The molecule has 13 heavy (non-hydrogen) atoms. The molecule has 0 saturated heterocycles. The van der Waals surface area contributed by atoms with E-state index in [0.29, 0.717) is 11.2 Å². The summed E-state index contributed by atoms with van der Waals surface area (Å²) in [6, 6.07) is 0. The zero-order valence-electron chi connectivity index (χ0n) is 6.35. The van der Waals surface area contributed by atoms with Crippen LogP contribution in [-0.2, 0) is 0 Å². The van der Waals surface area contributed by atoms with E-state index in [9.17, 15) is 4.79 Å². The molecule has 8 nitrogen and oxygen atoms in total. The van der Waals surface area contributed by atoms with E-state index in [-0.39, 0.29) is 11.5 Å². The normalized spacial score (nSPS) is 11.4. The zero-order chi connectivity index (χ0) is 9.26. The van der Waals surface area contributed by atoms with Gasteiger partial charge in [0.15, 0.2) is 5.65 Å². The molecule has 8 heteroatoms. The number of aromatic amines is 2. The summed E-state index contributed by atoms with van der Waals surface area (Å²) in [5.41, 5.74) is 0.396. The Kier molecular flexibility index (Phi) is 1.51. The molecule has 0 atom stereocenters. The summed E-state index contributed by atoms with van der Waals surface area (Å²) in [6.07, 6.45) is 1.26. The fourth-order valence-corrected chi connectivity index (χ4v) is 0.969. The van der Waals surface area contributed by atoms with Gasteiger partial charge in [0.1, 0.15) is 11.8 Å². The molecular formula is C5H5N7O. The molecule has 0 bridgehead atoms. The average molecular weight is 179 g/mol. The van der Waals surface area contributed by atoms with Gasteiger partial charge >= 0.3 is 5.69 Å². The molecule has 2 heterocycles. The van der Waals surface area contributed by atoms with Crippen molar-refractivity contribution >= 4 is 17.0 Å². The first-order valence-corrected chi connectivity index (χ1v) is 3.35. The molecule has 0 saturated carbocycles. The Morgan fingerprint density at radius 2 is 2.23 bits per heavy atom. The fourth-order valence-electron chi connectivity index (χ4n) is 0.969. The summed E-state index contributed by atoms with van der Waals surface area (Å²) < 4.78 is 0. The van der Waals surface area contributed by atoms with Gasteiger partial charge in [-0.15, -0.1) is 5.11 Å². The first kappa shape index (κ1) is 7.40. The summed E-state index contributed by atoms with van der Waals surface area (Å²) in [5, 5.41) is 6.57. The molecule has 0 amide bonds. The maximum atomic E-state index is 10.9. The van der Waals surface area contributed by atoms with Crippen LogP contribution in [0.5, 0.6) is 0 Å². The third-order valence-electron chi connectivity index (χ3n) is 1.45. The minimum Gasteiger partial charge on any atom is -0.305 e. The second kappa shape index (κ2) is 2.66. The van der Waals surface area contributed by atoms with Crippen LogP contribution >= 0.6 is 0 Å². The Morgan fingerprint density at radius 3 is 3.00 bits per heavy atom. The van der Waals surface area contributed by atoms with Crippen molar-refractivity contribution in [3.63, 3.8) is 0 Å². The molecule has 0 aliphatic carbocycles. The first-order chi connectivity index (χ1) is 6.31. The number of H-pyrrole nitrogens is 2. The Morgan fingerprint density at radius 1 is 1.38 bits per heavy atom. The van der Waals surface area contributed by atoms with Gasteiger partial charge in [0.2, 0.25) is 5.82 Å². The Labute approximate surface area is 70.9 Å². The van der Waals surface area contributed by atoms with Crippen molar-refractivity contribution in [1.82, 2.24) is 19.9 Å². The standard InChI is InChI=1S/C5H5N7O/c6-12-11-4-2-3(7-1-8-4)10-5(13)9-2/h1H,(H4,6,7,8,9,10,11,13). The highest BCUT2D eigenvalue weighted by molar-refractivity contribution is 5.79. The molecule has 0 aromatic carbocycles. The van der Waals surface area contributed by atoms with Gasteiger partial charge in [-0.25, -0.2) is 14.8 Å². The second-order valence-electron chi connectivity index (χ2n) is 2.22.